The molecule has 0 radical (unpaired) electrons. The highest BCUT2D eigenvalue weighted by molar-refractivity contribution is 5.67. The first-order valence-corrected chi connectivity index (χ1v) is 7.38. The monoisotopic (exact) mass is 301 g/mol. The summed E-state index contributed by atoms with van der Waals surface area (Å²) >= 11 is 0. The fourth-order valence-corrected chi connectivity index (χ4v) is 3.05. The van der Waals surface area contributed by atoms with E-state index < -0.39 is 11.9 Å². The number of nitrogen functional groups attached to an aromatic ring is 1. The van der Waals surface area contributed by atoms with E-state index in [1.165, 1.54) is 6.42 Å². The topological polar surface area (TPSA) is 42.2 Å². The maximum Gasteiger partial charge on any atom is 0.433 e. The Morgan fingerprint density at radius 1 is 1.29 bits per heavy atom. The summed E-state index contributed by atoms with van der Waals surface area (Å²) in [5.74, 6) is 0.746. The van der Waals surface area contributed by atoms with Crippen LogP contribution in [0.2, 0.25) is 0 Å². The van der Waals surface area contributed by atoms with Crippen molar-refractivity contribution in [2.24, 2.45) is 5.92 Å². The minimum Gasteiger partial charge on any atom is -0.396 e. The molecule has 0 bridgehead atoms. The number of nitrogens with two attached hydrogens (primary N) is 1. The minimum atomic E-state index is -4.44. The van der Waals surface area contributed by atoms with Crippen molar-refractivity contribution >= 4 is 11.4 Å². The molecular formula is C15H22F3N3. The van der Waals surface area contributed by atoms with Gasteiger partial charge in [0.2, 0.25) is 0 Å². The van der Waals surface area contributed by atoms with Crippen LogP contribution in [0.1, 0.15) is 44.7 Å². The molecule has 1 fully saturated rings. The molecule has 0 saturated heterocycles. The molecule has 1 aromatic heterocycles. The second-order valence-electron chi connectivity index (χ2n) is 5.82. The van der Waals surface area contributed by atoms with Gasteiger partial charge < -0.3 is 10.6 Å². The maximum absolute atomic E-state index is 12.8. The molecule has 1 aliphatic carbocycles. The number of alkyl halides is 3. The Labute approximate surface area is 123 Å². The molecule has 2 N–H and O–H groups in total. The molecule has 3 nitrogen and oxygen atoms in total. The van der Waals surface area contributed by atoms with Crippen molar-refractivity contribution in [3.05, 3.63) is 18.0 Å². The van der Waals surface area contributed by atoms with Gasteiger partial charge in [-0.05, 0) is 37.7 Å². The van der Waals surface area contributed by atoms with E-state index in [2.05, 4.69) is 11.9 Å². The number of anilines is 2. The highest BCUT2D eigenvalue weighted by atomic mass is 19.4. The van der Waals surface area contributed by atoms with Crippen LogP contribution < -0.4 is 10.6 Å². The average Bonchev–Trinajstić information content (AvgIpc) is 2.46. The highest BCUT2D eigenvalue weighted by Crippen LogP contribution is 2.36. The van der Waals surface area contributed by atoms with E-state index >= 15 is 0 Å². The molecule has 0 aliphatic heterocycles. The molecule has 1 aromatic rings. The van der Waals surface area contributed by atoms with Crippen molar-refractivity contribution in [1.82, 2.24) is 4.98 Å². The van der Waals surface area contributed by atoms with Crippen LogP contribution in [0, 0.1) is 5.92 Å². The Morgan fingerprint density at radius 3 is 2.43 bits per heavy atom. The van der Waals surface area contributed by atoms with E-state index in [1.807, 2.05) is 11.9 Å². The summed E-state index contributed by atoms with van der Waals surface area (Å²) in [4.78, 5) is 5.27. The van der Waals surface area contributed by atoms with Crippen LogP contribution in [0.3, 0.4) is 0 Å². The molecule has 0 aromatic carbocycles. The summed E-state index contributed by atoms with van der Waals surface area (Å²) in [5, 5.41) is 0. The molecule has 2 rings (SSSR count). The fourth-order valence-electron chi connectivity index (χ4n) is 3.05. The van der Waals surface area contributed by atoms with Crippen LogP contribution >= 0.6 is 0 Å². The van der Waals surface area contributed by atoms with Crippen molar-refractivity contribution in [1.29, 1.82) is 0 Å². The van der Waals surface area contributed by atoms with Gasteiger partial charge in [-0.3, -0.25) is 0 Å². The molecule has 0 atom stereocenters. The molecular weight excluding hydrogens is 279 g/mol. The number of hydrogen-bond acceptors (Lipinski definition) is 3. The number of halogens is 3. The number of nitrogens with zero attached hydrogens (tertiary/aromatic N) is 2. The molecule has 21 heavy (non-hydrogen) atoms. The van der Waals surface area contributed by atoms with Crippen LogP contribution in [-0.2, 0) is 6.18 Å². The van der Waals surface area contributed by atoms with Crippen LogP contribution in [0.4, 0.5) is 24.5 Å². The van der Waals surface area contributed by atoms with Gasteiger partial charge in [-0.15, -0.1) is 0 Å². The van der Waals surface area contributed by atoms with E-state index in [-0.39, 0.29) is 6.04 Å². The summed E-state index contributed by atoms with van der Waals surface area (Å²) in [6, 6.07) is 1.31. The van der Waals surface area contributed by atoms with Crippen molar-refractivity contribution < 1.29 is 13.2 Å². The van der Waals surface area contributed by atoms with Gasteiger partial charge in [0.05, 0.1) is 17.6 Å². The zero-order valence-corrected chi connectivity index (χ0v) is 12.5. The van der Waals surface area contributed by atoms with Gasteiger partial charge in [0.1, 0.15) is 5.69 Å². The molecule has 1 aliphatic rings. The first-order valence-electron chi connectivity index (χ1n) is 7.38. The molecule has 118 valence electrons. The molecule has 0 amide bonds. The van der Waals surface area contributed by atoms with Gasteiger partial charge in [0.25, 0.3) is 0 Å². The summed E-state index contributed by atoms with van der Waals surface area (Å²) in [7, 11) is 1.82. The highest BCUT2D eigenvalue weighted by Gasteiger charge is 2.34. The zero-order valence-electron chi connectivity index (χ0n) is 12.5. The third kappa shape index (κ3) is 3.60. The summed E-state index contributed by atoms with van der Waals surface area (Å²) in [5.41, 5.74) is 5.66. The lowest BCUT2D eigenvalue weighted by molar-refractivity contribution is -0.141. The smallest absolute Gasteiger partial charge is 0.396 e. The van der Waals surface area contributed by atoms with Crippen molar-refractivity contribution in [2.45, 2.75) is 51.2 Å². The summed E-state index contributed by atoms with van der Waals surface area (Å²) < 4.78 is 38.3. The van der Waals surface area contributed by atoms with E-state index in [4.69, 9.17) is 5.73 Å². The minimum absolute atomic E-state index is 0.249. The summed E-state index contributed by atoms with van der Waals surface area (Å²) in [6.45, 7) is 2.19. The van der Waals surface area contributed by atoms with E-state index in [0.29, 0.717) is 11.4 Å². The lowest BCUT2D eigenvalue weighted by Crippen LogP contribution is -2.35. The molecule has 0 unspecified atom stereocenters. The standard InChI is InChI=1S/C15H22F3N3/c1-3-10-4-6-11(7-5-10)21(2)13-8-14(15(16,17)18)20-9-12(13)19/h8-11H,3-7,19H2,1-2H3. The van der Waals surface area contributed by atoms with Crippen LogP contribution in [0.25, 0.3) is 0 Å². The molecule has 0 spiro atoms. The predicted octanol–water partition coefficient (Wildman–Crippen LogP) is 4.09. The van der Waals surface area contributed by atoms with Crippen LogP contribution in [0.15, 0.2) is 12.3 Å². The molecule has 1 heterocycles. The lowest BCUT2D eigenvalue weighted by Gasteiger charge is -2.36. The van der Waals surface area contributed by atoms with Gasteiger partial charge >= 0.3 is 6.18 Å². The fraction of sp³-hybridized carbons (Fsp3) is 0.667. The van der Waals surface area contributed by atoms with E-state index in [1.54, 1.807) is 0 Å². The van der Waals surface area contributed by atoms with Gasteiger partial charge in [0.15, 0.2) is 0 Å². The van der Waals surface area contributed by atoms with Crippen molar-refractivity contribution in [2.75, 3.05) is 17.7 Å². The van der Waals surface area contributed by atoms with Gasteiger partial charge in [-0.1, -0.05) is 13.3 Å². The third-order valence-electron chi connectivity index (χ3n) is 4.52. The van der Waals surface area contributed by atoms with E-state index in [0.717, 1.165) is 43.9 Å². The Balaban J connectivity index is 2.17. The van der Waals surface area contributed by atoms with Gasteiger partial charge in [-0.25, -0.2) is 4.98 Å². The maximum atomic E-state index is 12.8. The lowest BCUT2D eigenvalue weighted by atomic mass is 9.84. The van der Waals surface area contributed by atoms with Crippen LogP contribution in [-0.4, -0.2) is 18.1 Å². The second kappa shape index (κ2) is 6.12. The molecule has 6 heteroatoms. The SMILES string of the molecule is CCC1CCC(N(C)c2cc(C(F)(F)F)ncc2N)CC1. The largest absolute Gasteiger partial charge is 0.433 e. The second-order valence-corrected chi connectivity index (χ2v) is 5.82. The predicted molar refractivity (Wildman–Crippen MR) is 78.1 cm³/mol. The van der Waals surface area contributed by atoms with Crippen molar-refractivity contribution in [3.8, 4) is 0 Å². The first kappa shape index (κ1) is 15.9. The Morgan fingerprint density at radius 2 is 1.90 bits per heavy atom. The number of hydrogen-bond donors (Lipinski definition) is 1. The zero-order chi connectivity index (χ0) is 15.6. The first-order chi connectivity index (χ1) is 9.82. The summed E-state index contributed by atoms with van der Waals surface area (Å²) in [6.07, 6.45) is 2.09. The van der Waals surface area contributed by atoms with Crippen molar-refractivity contribution in [3.63, 3.8) is 0 Å². The number of rotatable bonds is 3. The van der Waals surface area contributed by atoms with E-state index in [9.17, 15) is 13.2 Å². The molecule has 1 saturated carbocycles. The Kier molecular flexibility index (Phi) is 4.64. The van der Waals surface area contributed by atoms with Gasteiger partial charge in [-0.2, -0.15) is 13.2 Å². The van der Waals surface area contributed by atoms with Gasteiger partial charge in [0, 0.05) is 13.1 Å². The number of pyridine rings is 1. The Hall–Kier alpha value is -1.46. The third-order valence-corrected chi connectivity index (χ3v) is 4.52. The average molecular weight is 301 g/mol. The Bertz CT molecular complexity index is 480. The number of aromatic nitrogens is 1. The van der Waals surface area contributed by atoms with Crippen LogP contribution in [0.5, 0.6) is 0 Å². The normalized spacial score (nSPS) is 23.1. The quantitative estimate of drug-likeness (QED) is 0.914.